The summed E-state index contributed by atoms with van der Waals surface area (Å²) >= 11 is 0. The maximum absolute atomic E-state index is 14.8. The summed E-state index contributed by atoms with van der Waals surface area (Å²) in [5.41, 5.74) is 1.92. The Morgan fingerprint density at radius 2 is 1.48 bits per heavy atom. The molecule has 1 aliphatic heterocycles. The van der Waals surface area contributed by atoms with Gasteiger partial charge in [0.1, 0.15) is 11.9 Å². The van der Waals surface area contributed by atoms with E-state index in [9.17, 15) is 23.6 Å². The topological polar surface area (TPSA) is 86.8 Å². The van der Waals surface area contributed by atoms with Crippen molar-refractivity contribution in [2.45, 2.75) is 70.0 Å². The Morgan fingerprint density at radius 3 is 2.14 bits per heavy atom. The molecular weight excluding hydrogens is 533 g/mol. The van der Waals surface area contributed by atoms with Crippen molar-refractivity contribution in [3.8, 4) is 0 Å². The average molecular weight is 570 g/mol. The van der Waals surface area contributed by atoms with Crippen molar-refractivity contribution in [2.24, 2.45) is 0 Å². The molecular formula is C34H36FN3O4. The van der Waals surface area contributed by atoms with Crippen molar-refractivity contribution in [1.29, 1.82) is 0 Å². The normalized spacial score (nSPS) is 15.8. The SMILES string of the molecule is O=C(NC1CCCCC1)C(Cc1ccccc1)N(Cc1ccccc1F)C(=O)CCCN1C(=O)c2ccccc2C1=O. The highest BCUT2D eigenvalue weighted by Gasteiger charge is 2.36. The largest absolute Gasteiger partial charge is 0.352 e. The summed E-state index contributed by atoms with van der Waals surface area (Å²) in [6.07, 6.45) is 5.51. The van der Waals surface area contributed by atoms with Crippen LogP contribution >= 0.6 is 0 Å². The molecule has 42 heavy (non-hydrogen) atoms. The van der Waals surface area contributed by atoms with Gasteiger partial charge in [-0.05, 0) is 43.0 Å². The lowest BCUT2D eigenvalue weighted by molar-refractivity contribution is -0.141. The zero-order valence-corrected chi connectivity index (χ0v) is 23.6. The standard InChI is InChI=1S/C34H36FN3O4/c35-29-19-10-7-14-25(29)23-38(31(39)20-11-21-37-33(41)27-17-8-9-18-28(27)34(37)42)30(22-24-12-3-1-4-13-24)32(40)36-26-15-5-2-6-16-26/h1,3-4,7-10,12-14,17-19,26,30H,2,5-6,11,15-16,20-23H2,(H,36,40). The number of rotatable bonds is 11. The predicted molar refractivity (Wildman–Crippen MR) is 157 cm³/mol. The molecule has 2 aliphatic rings. The quantitative estimate of drug-likeness (QED) is 0.318. The molecule has 3 aromatic rings. The maximum Gasteiger partial charge on any atom is 0.261 e. The second-order valence-electron chi connectivity index (χ2n) is 11.1. The lowest BCUT2D eigenvalue weighted by Crippen LogP contribution is -2.53. The van der Waals surface area contributed by atoms with Crippen molar-refractivity contribution in [3.05, 3.63) is 107 Å². The highest BCUT2D eigenvalue weighted by molar-refractivity contribution is 6.21. The van der Waals surface area contributed by atoms with Gasteiger partial charge in [0.15, 0.2) is 0 Å². The van der Waals surface area contributed by atoms with Gasteiger partial charge >= 0.3 is 0 Å². The molecule has 5 rings (SSSR count). The first-order valence-corrected chi connectivity index (χ1v) is 14.7. The molecule has 4 amide bonds. The number of nitrogens with one attached hydrogen (secondary N) is 1. The number of benzene rings is 3. The van der Waals surface area contributed by atoms with Gasteiger partial charge in [0.05, 0.1) is 11.1 Å². The third-order valence-electron chi connectivity index (χ3n) is 8.17. The van der Waals surface area contributed by atoms with Crippen molar-refractivity contribution < 1.29 is 23.6 Å². The summed E-state index contributed by atoms with van der Waals surface area (Å²) in [6.45, 7) is -0.00262. The Hall–Kier alpha value is -4.33. The molecule has 0 saturated heterocycles. The number of carbonyl (C=O) groups is 4. The molecule has 218 valence electrons. The van der Waals surface area contributed by atoms with Gasteiger partial charge in [0, 0.05) is 37.5 Å². The molecule has 1 aliphatic carbocycles. The minimum atomic E-state index is -0.860. The van der Waals surface area contributed by atoms with Crippen LogP contribution in [0.1, 0.15) is 76.8 Å². The van der Waals surface area contributed by atoms with Crippen LogP contribution in [0.4, 0.5) is 4.39 Å². The Kier molecular flexibility index (Phi) is 9.41. The number of hydrogen-bond acceptors (Lipinski definition) is 4. The second kappa shape index (κ2) is 13.6. The van der Waals surface area contributed by atoms with Crippen LogP contribution in [0.3, 0.4) is 0 Å². The maximum atomic E-state index is 14.8. The number of imide groups is 1. The monoisotopic (exact) mass is 569 g/mol. The molecule has 0 radical (unpaired) electrons. The molecule has 1 fully saturated rings. The third-order valence-corrected chi connectivity index (χ3v) is 8.17. The molecule has 1 saturated carbocycles. The van der Waals surface area contributed by atoms with Gasteiger partial charge in [-0.25, -0.2) is 4.39 Å². The summed E-state index contributed by atoms with van der Waals surface area (Å²) in [5, 5.41) is 3.17. The Bertz CT molecular complexity index is 1400. The molecule has 1 atom stereocenters. The van der Waals surface area contributed by atoms with E-state index in [1.165, 1.54) is 11.0 Å². The molecule has 0 bridgehead atoms. The minimum absolute atomic E-state index is 0.0101. The van der Waals surface area contributed by atoms with E-state index in [-0.39, 0.29) is 62.0 Å². The van der Waals surface area contributed by atoms with Crippen LogP contribution in [-0.2, 0) is 22.6 Å². The van der Waals surface area contributed by atoms with Crippen LogP contribution in [0.2, 0.25) is 0 Å². The van der Waals surface area contributed by atoms with E-state index >= 15 is 0 Å². The lowest BCUT2D eigenvalue weighted by Gasteiger charge is -2.33. The van der Waals surface area contributed by atoms with Gasteiger partial charge in [-0.15, -0.1) is 0 Å². The summed E-state index contributed by atoms with van der Waals surface area (Å²) in [7, 11) is 0. The third kappa shape index (κ3) is 6.75. The van der Waals surface area contributed by atoms with E-state index in [4.69, 9.17) is 0 Å². The highest BCUT2D eigenvalue weighted by atomic mass is 19.1. The summed E-state index contributed by atoms with van der Waals surface area (Å²) in [5.74, 6) is -1.79. The average Bonchev–Trinajstić information content (AvgIpc) is 3.25. The smallest absolute Gasteiger partial charge is 0.261 e. The molecule has 1 N–H and O–H groups in total. The molecule has 7 nitrogen and oxygen atoms in total. The van der Waals surface area contributed by atoms with E-state index in [0.717, 1.165) is 42.6 Å². The van der Waals surface area contributed by atoms with Crippen LogP contribution in [-0.4, -0.2) is 52.1 Å². The minimum Gasteiger partial charge on any atom is -0.352 e. The number of amides is 4. The van der Waals surface area contributed by atoms with Crippen LogP contribution in [0.5, 0.6) is 0 Å². The number of hydrogen-bond donors (Lipinski definition) is 1. The summed E-state index contributed by atoms with van der Waals surface area (Å²) < 4.78 is 14.8. The van der Waals surface area contributed by atoms with E-state index < -0.39 is 11.9 Å². The lowest BCUT2D eigenvalue weighted by atomic mass is 9.94. The van der Waals surface area contributed by atoms with Gasteiger partial charge in [-0.1, -0.05) is 79.9 Å². The van der Waals surface area contributed by atoms with E-state index in [2.05, 4.69) is 5.32 Å². The van der Waals surface area contributed by atoms with Crippen molar-refractivity contribution in [1.82, 2.24) is 15.1 Å². The first kappa shape index (κ1) is 29.2. The van der Waals surface area contributed by atoms with Crippen LogP contribution < -0.4 is 5.32 Å². The molecule has 1 unspecified atom stereocenters. The molecule has 3 aromatic carbocycles. The first-order valence-electron chi connectivity index (χ1n) is 14.7. The number of carbonyl (C=O) groups excluding carboxylic acids is 4. The van der Waals surface area contributed by atoms with Gasteiger partial charge in [-0.3, -0.25) is 24.1 Å². The van der Waals surface area contributed by atoms with Crippen LogP contribution in [0.15, 0.2) is 78.9 Å². The highest BCUT2D eigenvalue weighted by Crippen LogP contribution is 2.24. The van der Waals surface area contributed by atoms with E-state index in [1.807, 2.05) is 30.3 Å². The Balaban J connectivity index is 1.36. The predicted octanol–water partition coefficient (Wildman–Crippen LogP) is 5.29. The van der Waals surface area contributed by atoms with E-state index in [1.54, 1.807) is 42.5 Å². The van der Waals surface area contributed by atoms with Crippen LogP contribution in [0, 0.1) is 5.82 Å². The summed E-state index contributed by atoms with van der Waals surface area (Å²) in [6, 6.07) is 21.6. The van der Waals surface area contributed by atoms with Crippen LogP contribution in [0.25, 0.3) is 0 Å². The number of fused-ring (bicyclic) bond motifs is 1. The van der Waals surface area contributed by atoms with Crippen molar-refractivity contribution in [2.75, 3.05) is 6.54 Å². The zero-order valence-electron chi connectivity index (χ0n) is 23.6. The Labute approximate surface area is 245 Å². The van der Waals surface area contributed by atoms with Crippen molar-refractivity contribution in [3.63, 3.8) is 0 Å². The number of halogens is 1. The van der Waals surface area contributed by atoms with Gasteiger partial charge in [0.25, 0.3) is 11.8 Å². The fourth-order valence-corrected chi connectivity index (χ4v) is 5.88. The molecule has 8 heteroatoms. The second-order valence-corrected chi connectivity index (χ2v) is 11.1. The number of nitrogens with zero attached hydrogens (tertiary/aromatic N) is 2. The Morgan fingerprint density at radius 1 is 0.857 bits per heavy atom. The summed E-state index contributed by atoms with van der Waals surface area (Å²) in [4.78, 5) is 55.9. The first-order chi connectivity index (χ1) is 20.4. The molecule has 0 spiro atoms. The fraction of sp³-hybridized carbons (Fsp3) is 0.353. The van der Waals surface area contributed by atoms with Gasteiger partial charge < -0.3 is 10.2 Å². The van der Waals surface area contributed by atoms with Gasteiger partial charge in [-0.2, -0.15) is 0 Å². The zero-order chi connectivity index (χ0) is 29.5. The molecule has 0 aromatic heterocycles. The fourth-order valence-electron chi connectivity index (χ4n) is 5.88. The molecule has 1 heterocycles. The van der Waals surface area contributed by atoms with Crippen molar-refractivity contribution >= 4 is 23.6 Å². The van der Waals surface area contributed by atoms with E-state index in [0.29, 0.717) is 16.7 Å². The van der Waals surface area contributed by atoms with Gasteiger partial charge in [0.2, 0.25) is 11.8 Å².